The molecule has 1 aromatic carbocycles. The van der Waals surface area contributed by atoms with Gasteiger partial charge in [-0.1, -0.05) is 18.2 Å². The first-order chi connectivity index (χ1) is 12.9. The lowest BCUT2D eigenvalue weighted by Gasteiger charge is -2.30. The lowest BCUT2D eigenvalue weighted by atomic mass is 10.3. The van der Waals surface area contributed by atoms with Crippen LogP contribution in [0.4, 0.5) is 0 Å². The maximum atomic E-state index is 5.85. The quantitative estimate of drug-likeness (QED) is 0.305. The van der Waals surface area contributed by atoms with Gasteiger partial charge in [-0.3, -0.25) is 9.05 Å². The Morgan fingerprint density at radius 2 is 1.07 bits per heavy atom. The molecule has 1 aromatic rings. The molecule has 0 saturated heterocycles. The van der Waals surface area contributed by atoms with Crippen LogP contribution in [0.25, 0.3) is 0 Å². The van der Waals surface area contributed by atoms with Crippen LogP contribution in [-0.4, -0.2) is 72.7 Å². The highest BCUT2D eigenvalue weighted by Gasteiger charge is 2.45. The van der Waals surface area contributed by atoms with Crippen molar-refractivity contribution in [3.8, 4) is 5.75 Å². The zero-order valence-corrected chi connectivity index (χ0v) is 20.0. The van der Waals surface area contributed by atoms with E-state index in [1.165, 1.54) is 42.7 Å². The van der Waals surface area contributed by atoms with Crippen molar-refractivity contribution in [1.82, 2.24) is 0 Å². The summed E-state index contributed by atoms with van der Waals surface area (Å²) < 4.78 is 49.6. The van der Waals surface area contributed by atoms with Crippen molar-refractivity contribution >= 4 is 36.1 Å². The van der Waals surface area contributed by atoms with Crippen molar-refractivity contribution < 1.29 is 40.1 Å². The fourth-order valence-electron chi connectivity index (χ4n) is 1.87. The van der Waals surface area contributed by atoms with Crippen molar-refractivity contribution in [2.45, 2.75) is 0 Å². The van der Waals surface area contributed by atoms with Gasteiger partial charge in [-0.15, -0.1) is 0 Å². The second kappa shape index (κ2) is 11.7. The summed E-state index contributed by atoms with van der Waals surface area (Å²) >= 11 is 5.56. The van der Waals surface area contributed by atoms with E-state index in [1.807, 2.05) is 18.2 Å². The second-order valence-electron chi connectivity index (χ2n) is 4.99. The second-order valence-corrected chi connectivity index (χ2v) is 13.7. The Balaban J connectivity index is 3.00. The third-order valence-corrected chi connectivity index (χ3v) is 11.0. The van der Waals surface area contributed by atoms with Crippen molar-refractivity contribution in [3.05, 3.63) is 30.3 Å². The maximum absolute atomic E-state index is 5.85. The smallest absolute Gasteiger partial charge is 0.424 e. The van der Waals surface area contributed by atoms with E-state index in [0.717, 1.165) is 0 Å². The number of para-hydroxylation sites is 1. The molecule has 156 valence electrons. The Hall–Kier alpha value is -0.216. The fraction of sp³-hybridized carbons (Fsp3) is 0.571. The van der Waals surface area contributed by atoms with Crippen LogP contribution < -0.4 is 4.52 Å². The molecular formula is C14H27O9PSSi2. The van der Waals surface area contributed by atoms with Gasteiger partial charge in [-0.05, 0) is 12.1 Å². The predicted molar refractivity (Wildman–Crippen MR) is 107 cm³/mol. The van der Waals surface area contributed by atoms with Crippen LogP contribution in [0.3, 0.4) is 0 Å². The van der Waals surface area contributed by atoms with Crippen molar-refractivity contribution in [3.63, 3.8) is 0 Å². The summed E-state index contributed by atoms with van der Waals surface area (Å²) in [6, 6.07) is 8.97. The van der Waals surface area contributed by atoms with Gasteiger partial charge in [0.2, 0.25) is 0 Å². The van der Waals surface area contributed by atoms with E-state index >= 15 is 0 Å². The minimum absolute atomic E-state index is 0.0535. The molecule has 0 heterocycles. The molecular weight excluding hydrogens is 431 g/mol. The van der Waals surface area contributed by atoms with Gasteiger partial charge in [0.25, 0.3) is 0 Å². The molecule has 0 amide bonds. The highest BCUT2D eigenvalue weighted by molar-refractivity contribution is 8.07. The third kappa shape index (κ3) is 7.27. The molecule has 0 aliphatic carbocycles. The first-order valence-corrected chi connectivity index (χ1v) is 14.2. The van der Waals surface area contributed by atoms with Gasteiger partial charge in [-0.2, -0.15) is 0 Å². The van der Waals surface area contributed by atoms with Crippen molar-refractivity contribution in [1.29, 1.82) is 0 Å². The first kappa shape index (κ1) is 24.8. The van der Waals surface area contributed by atoms with Gasteiger partial charge >= 0.3 is 24.3 Å². The van der Waals surface area contributed by atoms with Gasteiger partial charge in [0.1, 0.15) is 18.2 Å². The van der Waals surface area contributed by atoms with Crippen LogP contribution in [-0.2, 0) is 47.4 Å². The Morgan fingerprint density at radius 3 is 1.41 bits per heavy atom. The van der Waals surface area contributed by atoms with Crippen LogP contribution >= 0.6 is 6.72 Å². The van der Waals surface area contributed by atoms with E-state index in [9.17, 15) is 0 Å². The lowest BCUT2D eigenvalue weighted by Crippen LogP contribution is -2.49. The Morgan fingerprint density at radius 1 is 0.704 bits per heavy atom. The van der Waals surface area contributed by atoms with Gasteiger partial charge in [0.15, 0.2) is 0 Å². The summed E-state index contributed by atoms with van der Waals surface area (Å²) in [5.41, 5.74) is 0. The molecule has 27 heavy (non-hydrogen) atoms. The molecule has 0 atom stereocenters. The van der Waals surface area contributed by atoms with E-state index in [1.54, 1.807) is 12.1 Å². The Bertz CT molecular complexity index is 543. The summed E-state index contributed by atoms with van der Waals surface area (Å²) in [7, 11) is 2.76. The maximum Gasteiger partial charge on any atom is 0.527 e. The first-order valence-electron chi connectivity index (χ1n) is 7.80. The minimum Gasteiger partial charge on any atom is -0.424 e. The molecule has 0 aromatic heterocycles. The molecule has 0 bridgehead atoms. The zero-order valence-electron chi connectivity index (χ0n) is 16.3. The van der Waals surface area contributed by atoms with Gasteiger partial charge < -0.3 is 31.1 Å². The molecule has 0 N–H and O–H groups in total. The summed E-state index contributed by atoms with van der Waals surface area (Å²) in [4.78, 5) is 0. The molecule has 0 unspecified atom stereocenters. The summed E-state index contributed by atoms with van der Waals surface area (Å²) in [6.45, 7) is -3.29. The van der Waals surface area contributed by atoms with E-state index in [2.05, 4.69) is 0 Å². The van der Waals surface area contributed by atoms with Gasteiger partial charge in [0, 0.05) is 54.5 Å². The highest BCUT2D eigenvalue weighted by Crippen LogP contribution is 2.50. The summed E-state index contributed by atoms with van der Waals surface area (Å²) in [5.74, 6) is 0.500. The molecule has 0 radical (unpaired) electrons. The molecule has 1 rings (SSSR count). The SMILES string of the molecule is CO[Si](COP(=S)(OC[Si](OC)(OC)OC)Oc1ccccc1)(OC)OC. The van der Waals surface area contributed by atoms with Crippen LogP contribution in [0.5, 0.6) is 5.75 Å². The van der Waals surface area contributed by atoms with E-state index < -0.39 is 24.3 Å². The molecule has 0 spiro atoms. The topological polar surface area (TPSA) is 83.1 Å². The molecule has 9 nitrogen and oxygen atoms in total. The van der Waals surface area contributed by atoms with Crippen LogP contribution in [0.2, 0.25) is 0 Å². The third-order valence-electron chi connectivity index (χ3n) is 3.63. The van der Waals surface area contributed by atoms with Crippen molar-refractivity contribution in [2.75, 3.05) is 55.1 Å². The van der Waals surface area contributed by atoms with Crippen LogP contribution in [0.1, 0.15) is 0 Å². The largest absolute Gasteiger partial charge is 0.527 e. The predicted octanol–water partition coefficient (Wildman–Crippen LogP) is 2.16. The summed E-state index contributed by atoms with van der Waals surface area (Å²) in [6.07, 6.45) is -0.107. The van der Waals surface area contributed by atoms with Crippen molar-refractivity contribution in [2.24, 2.45) is 0 Å². The molecule has 0 aliphatic rings. The molecule has 13 heteroatoms. The lowest BCUT2D eigenvalue weighted by molar-refractivity contribution is 0.0829. The van der Waals surface area contributed by atoms with E-state index in [4.69, 9.17) is 51.9 Å². The number of benzene rings is 1. The Kier molecular flexibility index (Phi) is 10.8. The average Bonchev–Trinajstić information content (AvgIpc) is 2.72. The number of hydrogen-bond acceptors (Lipinski definition) is 10. The fourth-order valence-corrected chi connectivity index (χ4v) is 7.87. The highest BCUT2D eigenvalue weighted by atomic mass is 32.5. The average molecular weight is 459 g/mol. The molecule has 0 saturated carbocycles. The van der Waals surface area contributed by atoms with Crippen LogP contribution in [0, 0.1) is 0 Å². The monoisotopic (exact) mass is 458 g/mol. The molecule has 0 aliphatic heterocycles. The number of hydrogen-bond donors (Lipinski definition) is 0. The van der Waals surface area contributed by atoms with E-state index in [0.29, 0.717) is 5.75 Å². The standard InChI is InChI=1S/C14H27O9PSSi2/c1-15-26(16-2,17-3)12-21-24(25,23-14-10-8-7-9-11-14)22-13-27(18-4,19-5)20-6/h7-11H,12-13H2,1-6H3. The minimum atomic E-state index is -3.29. The summed E-state index contributed by atoms with van der Waals surface area (Å²) in [5, 5.41) is 0. The van der Waals surface area contributed by atoms with Gasteiger partial charge in [-0.25, -0.2) is 0 Å². The normalized spacial score (nSPS) is 13.0. The Labute approximate surface area is 167 Å². The molecule has 0 fully saturated rings. The van der Waals surface area contributed by atoms with Gasteiger partial charge in [0.05, 0.1) is 0 Å². The zero-order chi connectivity index (χ0) is 20.4. The van der Waals surface area contributed by atoms with E-state index in [-0.39, 0.29) is 12.5 Å². The van der Waals surface area contributed by atoms with Crippen LogP contribution in [0.15, 0.2) is 30.3 Å². The number of rotatable bonds is 14.